The van der Waals surface area contributed by atoms with Crippen LogP contribution < -0.4 is 9.50 Å². The van der Waals surface area contributed by atoms with Crippen molar-refractivity contribution in [1.29, 1.82) is 0 Å². The van der Waals surface area contributed by atoms with E-state index in [2.05, 4.69) is 37.2 Å². The van der Waals surface area contributed by atoms with Crippen LogP contribution in [0, 0.1) is 0 Å². The molecule has 0 unspecified atom stereocenters. The molecule has 1 heterocycles. The first-order valence-corrected chi connectivity index (χ1v) is 9.67. The fraction of sp³-hybridized carbons (Fsp3) is 0.133. The number of carbonyl (C=O) groups is 1. The molecule has 0 radical (unpaired) electrons. The number of hydrogen-bond acceptors (Lipinski definition) is 4. The van der Waals surface area contributed by atoms with Crippen molar-refractivity contribution < 1.29 is 17.4 Å². The molecule has 0 atom stereocenters. The van der Waals surface area contributed by atoms with Crippen molar-refractivity contribution in [3.05, 3.63) is 50.9 Å². The summed E-state index contributed by atoms with van der Waals surface area (Å²) in [7, 11) is -3.95. The van der Waals surface area contributed by atoms with E-state index in [9.17, 15) is 13.2 Å². The van der Waals surface area contributed by atoms with Crippen LogP contribution in [-0.2, 0) is 21.3 Å². The van der Waals surface area contributed by atoms with E-state index in [1.54, 1.807) is 24.3 Å². The molecule has 0 bridgehead atoms. The standard InChI is InChI=1S/C15H11Br2NO4S/c16-10-2-5-14(12(17)8-10)23(20,21)22-11-3-4-13-9(7-11)1-6-15(19)18-13/h2-5,7-8H,1,6H2,(H,18,19). The summed E-state index contributed by atoms with van der Waals surface area (Å²) < 4.78 is 31.2. The normalized spacial score (nSPS) is 14.1. The Hall–Kier alpha value is -1.38. The van der Waals surface area contributed by atoms with E-state index in [1.807, 2.05) is 0 Å². The van der Waals surface area contributed by atoms with Crippen molar-refractivity contribution >= 4 is 53.6 Å². The number of rotatable bonds is 3. The van der Waals surface area contributed by atoms with Crippen molar-refractivity contribution in [2.75, 3.05) is 5.32 Å². The Bertz CT molecular complexity index is 896. The van der Waals surface area contributed by atoms with Crippen LogP contribution in [0.15, 0.2) is 50.2 Å². The SMILES string of the molecule is O=C1CCc2cc(OS(=O)(=O)c3ccc(Br)cc3Br)ccc2N1. The summed E-state index contributed by atoms with van der Waals surface area (Å²) in [6.07, 6.45) is 0.932. The first kappa shape index (κ1) is 16.5. The highest BCUT2D eigenvalue weighted by atomic mass is 79.9. The minimum atomic E-state index is -3.95. The largest absolute Gasteiger partial charge is 0.379 e. The molecule has 8 heteroatoms. The molecule has 120 valence electrons. The van der Waals surface area contributed by atoms with Gasteiger partial charge in [0.05, 0.1) is 0 Å². The van der Waals surface area contributed by atoms with Gasteiger partial charge in [-0.25, -0.2) is 0 Å². The van der Waals surface area contributed by atoms with Gasteiger partial charge in [0, 0.05) is 21.1 Å². The summed E-state index contributed by atoms with van der Waals surface area (Å²) in [6, 6.07) is 9.53. The molecule has 3 rings (SSSR count). The Kier molecular flexibility index (Phi) is 4.48. The molecule has 0 saturated carbocycles. The molecule has 0 fully saturated rings. The van der Waals surface area contributed by atoms with Crippen molar-refractivity contribution in [1.82, 2.24) is 0 Å². The molecular weight excluding hydrogens is 450 g/mol. The molecule has 0 aromatic heterocycles. The number of hydrogen-bond donors (Lipinski definition) is 1. The van der Waals surface area contributed by atoms with Crippen LogP contribution in [0.25, 0.3) is 0 Å². The predicted molar refractivity (Wildman–Crippen MR) is 93.0 cm³/mol. The van der Waals surface area contributed by atoms with Crippen molar-refractivity contribution in [2.45, 2.75) is 17.7 Å². The third-order valence-corrected chi connectivity index (χ3v) is 6.06. The van der Waals surface area contributed by atoms with Crippen molar-refractivity contribution in [3.63, 3.8) is 0 Å². The highest BCUT2D eigenvalue weighted by Gasteiger charge is 2.22. The van der Waals surface area contributed by atoms with Crippen molar-refractivity contribution in [3.8, 4) is 5.75 Å². The van der Waals surface area contributed by atoms with Gasteiger partial charge in [-0.15, -0.1) is 0 Å². The van der Waals surface area contributed by atoms with Gasteiger partial charge in [0.25, 0.3) is 0 Å². The molecule has 1 aliphatic heterocycles. The lowest BCUT2D eigenvalue weighted by atomic mass is 10.0. The second kappa shape index (κ2) is 6.26. The minimum Gasteiger partial charge on any atom is -0.379 e. The van der Waals surface area contributed by atoms with Gasteiger partial charge in [-0.2, -0.15) is 8.42 Å². The summed E-state index contributed by atoms with van der Waals surface area (Å²) in [6.45, 7) is 0. The van der Waals surface area contributed by atoms with Crippen LogP contribution in [0.5, 0.6) is 5.75 Å². The Morgan fingerprint density at radius 1 is 1.04 bits per heavy atom. The molecule has 23 heavy (non-hydrogen) atoms. The summed E-state index contributed by atoms with van der Waals surface area (Å²) in [4.78, 5) is 11.4. The fourth-order valence-electron chi connectivity index (χ4n) is 2.26. The second-order valence-corrected chi connectivity index (χ2v) is 8.26. The van der Waals surface area contributed by atoms with E-state index in [0.717, 1.165) is 10.0 Å². The van der Waals surface area contributed by atoms with Gasteiger partial charge in [-0.1, -0.05) is 15.9 Å². The van der Waals surface area contributed by atoms with Crippen LogP contribution in [0.3, 0.4) is 0 Å². The third kappa shape index (κ3) is 3.59. The Morgan fingerprint density at radius 2 is 1.83 bits per heavy atom. The minimum absolute atomic E-state index is 0.0439. The zero-order valence-corrected chi connectivity index (χ0v) is 15.7. The van der Waals surface area contributed by atoms with Crippen LogP contribution in [0.4, 0.5) is 5.69 Å². The Labute approximate surface area is 150 Å². The highest BCUT2D eigenvalue weighted by molar-refractivity contribution is 9.11. The Balaban J connectivity index is 1.90. The van der Waals surface area contributed by atoms with Crippen LogP contribution in [-0.4, -0.2) is 14.3 Å². The summed E-state index contributed by atoms with van der Waals surface area (Å²) in [5.41, 5.74) is 1.54. The first-order valence-electron chi connectivity index (χ1n) is 6.67. The molecule has 1 N–H and O–H groups in total. The van der Waals surface area contributed by atoms with E-state index in [1.165, 1.54) is 12.1 Å². The lowest BCUT2D eigenvalue weighted by Gasteiger charge is -2.17. The van der Waals surface area contributed by atoms with E-state index in [4.69, 9.17) is 4.18 Å². The average Bonchev–Trinajstić information content (AvgIpc) is 2.46. The van der Waals surface area contributed by atoms with Crippen LogP contribution in [0.1, 0.15) is 12.0 Å². The van der Waals surface area contributed by atoms with E-state index < -0.39 is 10.1 Å². The molecular formula is C15H11Br2NO4S. The summed E-state index contributed by atoms with van der Waals surface area (Å²) >= 11 is 6.50. The molecule has 1 aliphatic rings. The lowest BCUT2D eigenvalue weighted by Crippen LogP contribution is -2.19. The van der Waals surface area contributed by atoms with Gasteiger partial charge < -0.3 is 9.50 Å². The van der Waals surface area contributed by atoms with Gasteiger partial charge in [-0.05, 0) is 64.3 Å². The van der Waals surface area contributed by atoms with Gasteiger partial charge in [0.1, 0.15) is 10.6 Å². The molecule has 2 aromatic rings. The topological polar surface area (TPSA) is 72.5 Å². The zero-order chi connectivity index (χ0) is 16.6. The van der Waals surface area contributed by atoms with Crippen molar-refractivity contribution in [2.24, 2.45) is 0 Å². The molecule has 2 aromatic carbocycles. The maximum atomic E-state index is 12.4. The number of anilines is 1. The van der Waals surface area contributed by atoms with Gasteiger partial charge in [-0.3, -0.25) is 4.79 Å². The van der Waals surface area contributed by atoms with Gasteiger partial charge in [0.15, 0.2) is 0 Å². The molecule has 1 amide bonds. The van der Waals surface area contributed by atoms with E-state index in [0.29, 0.717) is 23.0 Å². The van der Waals surface area contributed by atoms with Crippen LogP contribution in [0.2, 0.25) is 0 Å². The quantitative estimate of drug-likeness (QED) is 0.705. The fourth-order valence-corrected chi connectivity index (χ4v) is 4.88. The number of amides is 1. The number of benzene rings is 2. The predicted octanol–water partition coefficient (Wildman–Crippen LogP) is 3.86. The zero-order valence-electron chi connectivity index (χ0n) is 11.7. The maximum Gasteiger partial charge on any atom is 0.340 e. The number of halogens is 2. The van der Waals surface area contributed by atoms with Gasteiger partial charge >= 0.3 is 10.1 Å². The van der Waals surface area contributed by atoms with E-state index in [-0.39, 0.29) is 16.6 Å². The second-order valence-electron chi connectivity index (χ2n) is 4.98. The summed E-state index contributed by atoms with van der Waals surface area (Å²) in [5.74, 6) is 0.173. The molecule has 0 spiro atoms. The van der Waals surface area contributed by atoms with E-state index >= 15 is 0 Å². The number of aryl methyl sites for hydroxylation is 1. The monoisotopic (exact) mass is 459 g/mol. The van der Waals surface area contributed by atoms with Gasteiger partial charge in [0.2, 0.25) is 5.91 Å². The smallest absolute Gasteiger partial charge is 0.340 e. The first-order chi connectivity index (χ1) is 10.8. The molecule has 0 aliphatic carbocycles. The van der Waals surface area contributed by atoms with Crippen LogP contribution >= 0.6 is 31.9 Å². The number of carbonyl (C=O) groups excluding carboxylic acids is 1. The average molecular weight is 461 g/mol. The third-order valence-electron chi connectivity index (χ3n) is 3.34. The Morgan fingerprint density at radius 3 is 2.57 bits per heavy atom. The lowest BCUT2D eigenvalue weighted by molar-refractivity contribution is -0.116. The summed E-state index contributed by atoms with van der Waals surface area (Å²) in [5, 5.41) is 2.74. The number of fused-ring (bicyclic) bond motifs is 1. The molecule has 0 saturated heterocycles. The highest BCUT2D eigenvalue weighted by Crippen LogP contribution is 2.31. The molecule has 5 nitrogen and oxygen atoms in total. The number of nitrogens with one attached hydrogen (secondary N) is 1. The maximum absolute atomic E-state index is 12.4.